The third-order valence-corrected chi connectivity index (χ3v) is 2.25. The maximum atomic E-state index is 13.0. The number of thioether (sulfide) groups is 1. The average molecular weight is 204 g/mol. The van der Waals surface area contributed by atoms with Gasteiger partial charge in [-0.3, -0.25) is 0 Å². The Hall–Kier alpha value is -0.585. The Morgan fingerprint density at radius 3 is 2.00 bits per heavy atom. The van der Waals surface area contributed by atoms with Crippen LogP contribution in [0.4, 0.5) is 8.78 Å². The molecule has 1 aromatic carbocycles. The van der Waals surface area contributed by atoms with Crippen molar-refractivity contribution in [1.82, 2.24) is 0 Å². The number of hydrogen-bond acceptors (Lipinski definition) is 3. The maximum Gasteiger partial charge on any atom is 0.494 e. The third-order valence-electron chi connectivity index (χ3n) is 1.55. The lowest BCUT2D eigenvalue weighted by Gasteiger charge is -2.05. The van der Waals surface area contributed by atoms with E-state index in [0.717, 1.165) is 12.1 Å². The molecule has 0 aliphatic heterocycles. The van der Waals surface area contributed by atoms with Gasteiger partial charge in [-0.15, -0.1) is 11.8 Å². The van der Waals surface area contributed by atoms with Crippen molar-refractivity contribution in [2.75, 3.05) is 6.26 Å². The van der Waals surface area contributed by atoms with Crippen LogP contribution in [0.15, 0.2) is 17.0 Å². The zero-order valence-corrected chi connectivity index (χ0v) is 7.61. The highest BCUT2D eigenvalue weighted by atomic mass is 32.2. The largest absolute Gasteiger partial charge is 0.494 e. The molecule has 0 amide bonds. The van der Waals surface area contributed by atoms with Crippen LogP contribution in [-0.4, -0.2) is 23.4 Å². The van der Waals surface area contributed by atoms with Gasteiger partial charge in [0.05, 0.1) is 5.46 Å². The van der Waals surface area contributed by atoms with E-state index in [4.69, 9.17) is 10.0 Å². The molecule has 0 aliphatic rings. The van der Waals surface area contributed by atoms with Crippen LogP contribution in [0.5, 0.6) is 0 Å². The molecule has 0 atom stereocenters. The predicted octanol–water partition coefficient (Wildman–Crippen LogP) is 0.366. The van der Waals surface area contributed by atoms with E-state index in [9.17, 15) is 8.78 Å². The SMILES string of the molecule is CSc1cc(F)c(B(O)O)c(F)c1. The van der Waals surface area contributed by atoms with E-state index in [0.29, 0.717) is 4.90 Å². The van der Waals surface area contributed by atoms with E-state index >= 15 is 0 Å². The molecule has 0 heterocycles. The van der Waals surface area contributed by atoms with Crippen molar-refractivity contribution in [3.8, 4) is 0 Å². The lowest BCUT2D eigenvalue weighted by molar-refractivity contribution is 0.419. The first kappa shape index (κ1) is 10.5. The Bertz CT molecular complexity index is 296. The minimum absolute atomic E-state index is 0.402. The average Bonchev–Trinajstić information content (AvgIpc) is 2.02. The fourth-order valence-electron chi connectivity index (χ4n) is 0.926. The summed E-state index contributed by atoms with van der Waals surface area (Å²) < 4.78 is 26.0. The molecule has 1 rings (SSSR count). The standard InChI is InChI=1S/C7H7BF2O2S/c1-13-4-2-5(9)7(8(11)12)6(10)3-4/h2-3,11-12H,1H3. The van der Waals surface area contributed by atoms with Crippen LogP contribution in [-0.2, 0) is 0 Å². The zero-order valence-electron chi connectivity index (χ0n) is 6.79. The summed E-state index contributed by atoms with van der Waals surface area (Å²) in [6, 6.07) is 2.12. The van der Waals surface area contributed by atoms with Crippen LogP contribution >= 0.6 is 11.8 Å². The van der Waals surface area contributed by atoms with Crippen molar-refractivity contribution in [2.45, 2.75) is 4.90 Å². The Morgan fingerprint density at radius 2 is 1.69 bits per heavy atom. The molecule has 0 fully saturated rings. The van der Waals surface area contributed by atoms with Gasteiger partial charge in [0.15, 0.2) is 0 Å². The first-order valence-corrected chi connectivity index (χ1v) is 4.67. The molecule has 0 saturated heterocycles. The molecular weight excluding hydrogens is 197 g/mol. The van der Waals surface area contributed by atoms with E-state index in [1.807, 2.05) is 0 Å². The molecule has 0 aromatic heterocycles. The highest BCUT2D eigenvalue weighted by Crippen LogP contribution is 2.16. The summed E-state index contributed by atoms with van der Waals surface area (Å²) in [6.07, 6.45) is 1.67. The monoisotopic (exact) mass is 204 g/mol. The minimum Gasteiger partial charge on any atom is -0.423 e. The molecule has 13 heavy (non-hydrogen) atoms. The van der Waals surface area contributed by atoms with E-state index in [1.54, 1.807) is 6.26 Å². The molecule has 6 heteroatoms. The van der Waals surface area contributed by atoms with Gasteiger partial charge in [0.1, 0.15) is 11.6 Å². The van der Waals surface area contributed by atoms with Crippen molar-refractivity contribution < 1.29 is 18.8 Å². The van der Waals surface area contributed by atoms with Gasteiger partial charge >= 0.3 is 7.12 Å². The summed E-state index contributed by atoms with van der Waals surface area (Å²) >= 11 is 1.17. The Morgan fingerprint density at radius 1 is 1.23 bits per heavy atom. The topological polar surface area (TPSA) is 40.5 Å². The summed E-state index contributed by atoms with van der Waals surface area (Å²) in [5.41, 5.74) is -0.710. The summed E-state index contributed by atoms with van der Waals surface area (Å²) in [5, 5.41) is 17.2. The molecule has 0 aliphatic carbocycles. The predicted molar refractivity (Wildman–Crippen MR) is 48.0 cm³/mol. The van der Waals surface area contributed by atoms with E-state index < -0.39 is 24.2 Å². The Labute approximate surface area is 78.7 Å². The van der Waals surface area contributed by atoms with Crippen molar-refractivity contribution in [1.29, 1.82) is 0 Å². The summed E-state index contributed by atoms with van der Waals surface area (Å²) in [6.45, 7) is 0. The molecule has 1 aromatic rings. The van der Waals surface area contributed by atoms with Crippen molar-refractivity contribution in [3.05, 3.63) is 23.8 Å². The first-order chi connectivity index (χ1) is 6.06. The van der Waals surface area contributed by atoms with Crippen molar-refractivity contribution >= 4 is 24.3 Å². The van der Waals surface area contributed by atoms with E-state index in [1.165, 1.54) is 11.8 Å². The van der Waals surface area contributed by atoms with Crippen LogP contribution < -0.4 is 5.46 Å². The highest BCUT2D eigenvalue weighted by Gasteiger charge is 2.22. The van der Waals surface area contributed by atoms with Crippen LogP contribution in [0.2, 0.25) is 0 Å². The number of halogens is 2. The van der Waals surface area contributed by atoms with Crippen LogP contribution in [0.25, 0.3) is 0 Å². The summed E-state index contributed by atoms with van der Waals surface area (Å²) in [7, 11) is -2.11. The summed E-state index contributed by atoms with van der Waals surface area (Å²) in [5.74, 6) is -1.89. The van der Waals surface area contributed by atoms with Gasteiger partial charge in [0, 0.05) is 4.90 Å². The van der Waals surface area contributed by atoms with Crippen LogP contribution in [0.1, 0.15) is 0 Å². The molecular formula is C7H7BF2O2S. The fraction of sp³-hybridized carbons (Fsp3) is 0.143. The Balaban J connectivity index is 3.23. The van der Waals surface area contributed by atoms with Gasteiger partial charge in [0.25, 0.3) is 0 Å². The van der Waals surface area contributed by atoms with Crippen molar-refractivity contribution in [2.24, 2.45) is 0 Å². The van der Waals surface area contributed by atoms with Gasteiger partial charge in [-0.2, -0.15) is 0 Å². The molecule has 2 N–H and O–H groups in total. The second-order valence-electron chi connectivity index (χ2n) is 2.38. The van der Waals surface area contributed by atoms with Gasteiger partial charge in [0.2, 0.25) is 0 Å². The molecule has 0 saturated carbocycles. The number of hydrogen-bond donors (Lipinski definition) is 2. The lowest BCUT2D eigenvalue weighted by atomic mass is 9.79. The Kier molecular flexibility index (Phi) is 3.30. The van der Waals surface area contributed by atoms with E-state index in [-0.39, 0.29) is 0 Å². The second-order valence-corrected chi connectivity index (χ2v) is 3.26. The second kappa shape index (κ2) is 4.08. The molecule has 0 unspecified atom stereocenters. The normalized spacial score (nSPS) is 10.2. The van der Waals surface area contributed by atoms with Gasteiger partial charge in [-0.1, -0.05) is 0 Å². The van der Waals surface area contributed by atoms with Crippen LogP contribution in [0, 0.1) is 11.6 Å². The highest BCUT2D eigenvalue weighted by molar-refractivity contribution is 7.98. The molecule has 2 nitrogen and oxygen atoms in total. The summed E-state index contributed by atoms with van der Waals surface area (Å²) in [4.78, 5) is 0.402. The molecule has 0 spiro atoms. The zero-order chi connectivity index (χ0) is 10.0. The van der Waals surface area contributed by atoms with Gasteiger partial charge < -0.3 is 10.0 Å². The molecule has 0 bridgehead atoms. The van der Waals surface area contributed by atoms with Crippen molar-refractivity contribution in [3.63, 3.8) is 0 Å². The smallest absolute Gasteiger partial charge is 0.423 e. The maximum absolute atomic E-state index is 13.0. The van der Waals surface area contributed by atoms with E-state index in [2.05, 4.69) is 0 Å². The van der Waals surface area contributed by atoms with Gasteiger partial charge in [-0.05, 0) is 18.4 Å². The minimum atomic E-state index is -2.11. The number of rotatable bonds is 2. The fourth-order valence-corrected chi connectivity index (χ4v) is 1.37. The number of benzene rings is 1. The molecule has 70 valence electrons. The third kappa shape index (κ3) is 2.21. The molecule has 0 radical (unpaired) electrons. The van der Waals surface area contributed by atoms with Crippen LogP contribution in [0.3, 0.4) is 0 Å². The lowest BCUT2D eigenvalue weighted by Crippen LogP contribution is -2.35. The van der Waals surface area contributed by atoms with Gasteiger partial charge in [-0.25, -0.2) is 8.78 Å². The first-order valence-electron chi connectivity index (χ1n) is 3.45. The quantitative estimate of drug-likeness (QED) is 0.540.